The van der Waals surface area contributed by atoms with Gasteiger partial charge in [0.2, 0.25) is 16.0 Å². The Morgan fingerprint density at radius 2 is 1.80 bits per heavy atom. The van der Waals surface area contributed by atoms with Crippen LogP contribution in [-0.4, -0.2) is 59.8 Å². The zero-order valence-electron chi connectivity index (χ0n) is 11.3. The number of nitrogens with two attached hydrogens (primary N) is 1. The second-order valence-corrected chi connectivity index (χ2v) is 7.26. The van der Waals surface area contributed by atoms with Gasteiger partial charge in [-0.1, -0.05) is 0 Å². The Kier molecular flexibility index (Phi) is 3.61. The Balaban J connectivity index is 1.74. The van der Waals surface area contributed by atoms with Crippen molar-refractivity contribution in [3.63, 3.8) is 0 Å². The van der Waals surface area contributed by atoms with Gasteiger partial charge < -0.3 is 5.73 Å². The van der Waals surface area contributed by atoms with Gasteiger partial charge >= 0.3 is 0 Å². The summed E-state index contributed by atoms with van der Waals surface area (Å²) in [4.78, 5) is 10.0. The van der Waals surface area contributed by atoms with Crippen LogP contribution < -0.4 is 5.73 Å². The van der Waals surface area contributed by atoms with E-state index in [4.69, 9.17) is 5.73 Å². The van der Waals surface area contributed by atoms with E-state index in [-0.39, 0.29) is 10.8 Å². The van der Waals surface area contributed by atoms with Gasteiger partial charge in [-0.15, -0.1) is 0 Å². The molecule has 1 atom stereocenters. The summed E-state index contributed by atoms with van der Waals surface area (Å²) in [6, 6.07) is 0.349. The molecule has 1 aromatic rings. The highest BCUT2D eigenvalue weighted by molar-refractivity contribution is 7.89. The molecule has 2 aliphatic heterocycles. The van der Waals surface area contributed by atoms with Gasteiger partial charge in [0.05, 0.1) is 12.4 Å². The molecule has 2 fully saturated rings. The minimum Gasteiger partial charge on any atom is -0.368 e. The molecule has 0 aliphatic carbocycles. The topological polar surface area (TPSA) is 92.4 Å². The Hall–Kier alpha value is -1.25. The molecule has 20 heavy (non-hydrogen) atoms. The molecule has 2 saturated heterocycles. The van der Waals surface area contributed by atoms with Crippen molar-refractivity contribution in [2.75, 3.05) is 31.9 Å². The quantitative estimate of drug-likeness (QED) is 0.839. The average molecular weight is 297 g/mol. The summed E-state index contributed by atoms with van der Waals surface area (Å²) in [5, 5.41) is 0. The Morgan fingerprint density at radius 1 is 1.15 bits per heavy atom. The largest absolute Gasteiger partial charge is 0.368 e. The zero-order valence-corrected chi connectivity index (χ0v) is 12.1. The van der Waals surface area contributed by atoms with E-state index in [0.717, 1.165) is 19.5 Å². The fourth-order valence-electron chi connectivity index (χ4n) is 2.94. The molecule has 7 nitrogen and oxygen atoms in total. The molecule has 110 valence electrons. The summed E-state index contributed by atoms with van der Waals surface area (Å²) in [7, 11) is -3.49. The maximum Gasteiger partial charge on any atom is 0.246 e. The number of rotatable bonds is 3. The number of hydrogen-bond acceptors (Lipinski definition) is 6. The molecule has 0 radical (unpaired) electrons. The smallest absolute Gasteiger partial charge is 0.246 e. The molecular formula is C12H19N5O2S. The number of sulfonamides is 1. The van der Waals surface area contributed by atoms with E-state index in [1.54, 1.807) is 0 Å². The van der Waals surface area contributed by atoms with Gasteiger partial charge in [0.15, 0.2) is 0 Å². The minimum atomic E-state index is -3.49. The number of likely N-dealkylation sites (tertiary alicyclic amines) is 1. The Labute approximate surface area is 118 Å². The van der Waals surface area contributed by atoms with E-state index >= 15 is 0 Å². The predicted octanol–water partition coefficient (Wildman–Crippen LogP) is -0.0824. The van der Waals surface area contributed by atoms with Crippen molar-refractivity contribution < 1.29 is 8.42 Å². The lowest BCUT2D eigenvalue weighted by molar-refractivity contribution is 0.251. The highest BCUT2D eigenvalue weighted by Crippen LogP contribution is 2.25. The van der Waals surface area contributed by atoms with Gasteiger partial charge in [-0.3, -0.25) is 4.90 Å². The van der Waals surface area contributed by atoms with E-state index in [1.165, 1.54) is 29.5 Å². The number of anilines is 1. The first-order chi connectivity index (χ1) is 9.57. The van der Waals surface area contributed by atoms with Crippen LogP contribution in [-0.2, 0) is 10.0 Å². The fourth-order valence-corrected chi connectivity index (χ4v) is 4.33. The third-order valence-electron chi connectivity index (χ3n) is 4.07. The SMILES string of the molecule is Nc1ncc(S(=O)(=O)N2CCC(N3CCCC3)C2)cn1. The van der Waals surface area contributed by atoms with Crippen LogP contribution in [0, 0.1) is 0 Å². The second-order valence-electron chi connectivity index (χ2n) is 5.33. The van der Waals surface area contributed by atoms with Crippen molar-refractivity contribution in [1.29, 1.82) is 0 Å². The van der Waals surface area contributed by atoms with Crippen molar-refractivity contribution in [3.8, 4) is 0 Å². The molecule has 0 saturated carbocycles. The summed E-state index contributed by atoms with van der Waals surface area (Å²) in [5.41, 5.74) is 5.39. The zero-order chi connectivity index (χ0) is 14.2. The van der Waals surface area contributed by atoms with Crippen LogP contribution in [0.15, 0.2) is 17.3 Å². The molecule has 0 bridgehead atoms. The Morgan fingerprint density at radius 3 is 2.45 bits per heavy atom. The molecule has 3 rings (SSSR count). The van der Waals surface area contributed by atoms with Crippen molar-refractivity contribution in [3.05, 3.63) is 12.4 Å². The van der Waals surface area contributed by atoms with Crippen molar-refractivity contribution in [2.24, 2.45) is 0 Å². The molecule has 2 N–H and O–H groups in total. The van der Waals surface area contributed by atoms with Crippen LogP contribution in [0.3, 0.4) is 0 Å². The monoisotopic (exact) mass is 297 g/mol. The highest BCUT2D eigenvalue weighted by Gasteiger charge is 2.36. The van der Waals surface area contributed by atoms with E-state index in [0.29, 0.717) is 19.1 Å². The number of aromatic nitrogens is 2. The second kappa shape index (κ2) is 5.27. The molecule has 1 aromatic heterocycles. The first kappa shape index (κ1) is 13.7. The van der Waals surface area contributed by atoms with Crippen LogP contribution >= 0.6 is 0 Å². The summed E-state index contributed by atoms with van der Waals surface area (Å²) >= 11 is 0. The van der Waals surface area contributed by atoms with Crippen molar-refractivity contribution in [1.82, 2.24) is 19.2 Å². The fraction of sp³-hybridized carbons (Fsp3) is 0.667. The van der Waals surface area contributed by atoms with Crippen LogP contribution in [0.25, 0.3) is 0 Å². The van der Waals surface area contributed by atoms with E-state index in [2.05, 4.69) is 14.9 Å². The lowest BCUT2D eigenvalue weighted by Crippen LogP contribution is -2.37. The standard InChI is InChI=1S/C12H19N5O2S/c13-12-14-7-11(8-15-12)20(18,19)17-6-3-10(9-17)16-4-1-2-5-16/h7-8,10H,1-6,9H2,(H2,13,14,15). The van der Waals surface area contributed by atoms with Crippen molar-refractivity contribution >= 4 is 16.0 Å². The highest BCUT2D eigenvalue weighted by atomic mass is 32.2. The van der Waals surface area contributed by atoms with Gasteiger partial charge in [-0.25, -0.2) is 18.4 Å². The number of nitrogens with zero attached hydrogens (tertiary/aromatic N) is 4. The average Bonchev–Trinajstić information content (AvgIpc) is 3.10. The lowest BCUT2D eigenvalue weighted by Gasteiger charge is -2.23. The first-order valence-corrected chi connectivity index (χ1v) is 8.33. The normalized spacial score (nSPS) is 25.3. The van der Waals surface area contributed by atoms with Crippen LogP contribution in [0.1, 0.15) is 19.3 Å². The maximum atomic E-state index is 12.5. The lowest BCUT2D eigenvalue weighted by atomic mass is 10.2. The summed E-state index contributed by atoms with van der Waals surface area (Å²) < 4.78 is 26.5. The van der Waals surface area contributed by atoms with Crippen molar-refractivity contribution in [2.45, 2.75) is 30.2 Å². The van der Waals surface area contributed by atoms with Crippen LogP contribution in [0.2, 0.25) is 0 Å². The minimum absolute atomic E-state index is 0.0836. The molecule has 0 amide bonds. The third kappa shape index (κ3) is 2.50. The van der Waals surface area contributed by atoms with Crippen LogP contribution in [0.4, 0.5) is 5.95 Å². The molecule has 8 heteroatoms. The molecule has 1 unspecified atom stereocenters. The molecule has 0 aromatic carbocycles. The summed E-state index contributed by atoms with van der Waals surface area (Å²) in [6.45, 7) is 3.30. The predicted molar refractivity (Wildman–Crippen MR) is 74.4 cm³/mol. The molecule has 2 aliphatic rings. The van der Waals surface area contributed by atoms with E-state index in [9.17, 15) is 8.42 Å². The Bertz CT molecular complexity index is 568. The van der Waals surface area contributed by atoms with Gasteiger partial charge in [0.1, 0.15) is 4.90 Å². The van der Waals surface area contributed by atoms with Gasteiger partial charge in [-0.05, 0) is 32.4 Å². The molecule has 3 heterocycles. The third-order valence-corrected chi connectivity index (χ3v) is 5.89. The molecular weight excluding hydrogens is 278 g/mol. The van der Waals surface area contributed by atoms with E-state index < -0.39 is 10.0 Å². The first-order valence-electron chi connectivity index (χ1n) is 6.89. The maximum absolute atomic E-state index is 12.5. The van der Waals surface area contributed by atoms with Gasteiger partial charge in [-0.2, -0.15) is 4.31 Å². The number of nitrogen functional groups attached to an aromatic ring is 1. The summed E-state index contributed by atoms with van der Waals surface area (Å²) in [5.74, 6) is 0.0836. The van der Waals surface area contributed by atoms with Gasteiger partial charge in [0.25, 0.3) is 0 Å². The van der Waals surface area contributed by atoms with Gasteiger partial charge in [0, 0.05) is 19.1 Å². The summed E-state index contributed by atoms with van der Waals surface area (Å²) in [6.07, 6.45) is 5.89. The van der Waals surface area contributed by atoms with E-state index in [1.807, 2.05) is 0 Å². The molecule has 0 spiro atoms. The number of hydrogen-bond donors (Lipinski definition) is 1. The van der Waals surface area contributed by atoms with Crippen LogP contribution in [0.5, 0.6) is 0 Å².